The van der Waals surface area contributed by atoms with Gasteiger partial charge >= 0.3 is 0 Å². The zero-order valence-corrected chi connectivity index (χ0v) is 10.8. The summed E-state index contributed by atoms with van der Waals surface area (Å²) < 4.78 is 4.97. The molecule has 0 aliphatic rings. The van der Waals surface area contributed by atoms with Gasteiger partial charge < -0.3 is 15.1 Å². The molecular formula is C13H11ClN2O3. The van der Waals surface area contributed by atoms with Crippen LogP contribution >= 0.6 is 11.6 Å². The van der Waals surface area contributed by atoms with E-state index in [1.165, 1.54) is 19.4 Å². The number of rotatable bonds is 3. The van der Waals surface area contributed by atoms with Gasteiger partial charge in [-0.3, -0.25) is 9.59 Å². The van der Waals surface area contributed by atoms with E-state index in [1.807, 2.05) is 0 Å². The van der Waals surface area contributed by atoms with Crippen molar-refractivity contribution in [3.05, 3.63) is 52.9 Å². The summed E-state index contributed by atoms with van der Waals surface area (Å²) in [5, 5.41) is 5.41. The molecule has 19 heavy (non-hydrogen) atoms. The Morgan fingerprint density at radius 1 is 1.21 bits per heavy atom. The summed E-state index contributed by atoms with van der Waals surface area (Å²) in [6.07, 6.45) is 1.41. The van der Waals surface area contributed by atoms with Crippen LogP contribution in [0.3, 0.4) is 0 Å². The van der Waals surface area contributed by atoms with Crippen molar-refractivity contribution in [2.75, 3.05) is 12.4 Å². The summed E-state index contributed by atoms with van der Waals surface area (Å²) in [4.78, 5) is 23.3. The molecule has 5 nitrogen and oxygen atoms in total. The Hall–Kier alpha value is -2.27. The van der Waals surface area contributed by atoms with E-state index < -0.39 is 5.91 Å². The van der Waals surface area contributed by atoms with Gasteiger partial charge in [-0.05, 0) is 30.3 Å². The number of nitrogens with one attached hydrogen (secondary N) is 2. The summed E-state index contributed by atoms with van der Waals surface area (Å²) in [5.74, 6) is -0.522. The number of hydrogen-bond acceptors (Lipinski definition) is 3. The van der Waals surface area contributed by atoms with E-state index in [1.54, 1.807) is 24.3 Å². The Labute approximate surface area is 114 Å². The molecule has 0 aliphatic heterocycles. The molecule has 0 saturated carbocycles. The van der Waals surface area contributed by atoms with E-state index >= 15 is 0 Å². The maximum absolute atomic E-state index is 11.8. The smallest absolute Gasteiger partial charge is 0.291 e. The number of furan rings is 1. The molecule has 0 bridgehead atoms. The normalized spacial score (nSPS) is 10.0. The lowest BCUT2D eigenvalue weighted by Crippen LogP contribution is -2.19. The summed E-state index contributed by atoms with van der Waals surface area (Å²) in [7, 11) is 1.51. The molecule has 0 radical (unpaired) electrons. The first kappa shape index (κ1) is 13.2. The lowest BCUT2D eigenvalue weighted by Gasteiger charge is -2.07. The first-order valence-corrected chi connectivity index (χ1v) is 5.86. The minimum absolute atomic E-state index is 0.191. The number of amides is 2. The molecule has 0 atom stereocenters. The van der Waals surface area contributed by atoms with Gasteiger partial charge in [0.15, 0.2) is 5.76 Å². The molecule has 2 aromatic rings. The highest BCUT2D eigenvalue weighted by molar-refractivity contribution is 6.34. The number of hydrogen-bond donors (Lipinski definition) is 2. The van der Waals surface area contributed by atoms with E-state index in [9.17, 15) is 9.59 Å². The third-order valence-electron chi connectivity index (χ3n) is 2.44. The van der Waals surface area contributed by atoms with Crippen molar-refractivity contribution >= 4 is 29.1 Å². The first-order chi connectivity index (χ1) is 9.11. The van der Waals surface area contributed by atoms with Crippen LogP contribution in [0.1, 0.15) is 20.9 Å². The zero-order chi connectivity index (χ0) is 13.8. The molecule has 1 aromatic carbocycles. The Morgan fingerprint density at radius 3 is 2.63 bits per heavy atom. The average Bonchev–Trinajstić information content (AvgIpc) is 2.94. The molecule has 0 spiro atoms. The van der Waals surface area contributed by atoms with Crippen molar-refractivity contribution in [2.45, 2.75) is 0 Å². The molecule has 0 saturated heterocycles. The molecular weight excluding hydrogens is 268 g/mol. The number of anilines is 1. The number of benzene rings is 1. The maximum Gasteiger partial charge on any atom is 0.291 e. The standard InChI is InChI=1S/C13H11ClN2O3/c1-15-12(17)9-7-8(4-5-10(9)14)16-13(18)11-3-2-6-19-11/h2-7H,1H3,(H,15,17)(H,16,18). The highest BCUT2D eigenvalue weighted by atomic mass is 35.5. The lowest BCUT2D eigenvalue weighted by molar-refractivity contribution is 0.0960. The van der Waals surface area contributed by atoms with Gasteiger partial charge in [-0.25, -0.2) is 0 Å². The first-order valence-electron chi connectivity index (χ1n) is 5.48. The Balaban J connectivity index is 2.22. The quantitative estimate of drug-likeness (QED) is 0.906. The largest absolute Gasteiger partial charge is 0.459 e. The molecule has 0 aliphatic carbocycles. The second-order valence-electron chi connectivity index (χ2n) is 3.71. The highest BCUT2D eigenvalue weighted by Gasteiger charge is 2.12. The lowest BCUT2D eigenvalue weighted by atomic mass is 10.2. The third kappa shape index (κ3) is 2.95. The fraction of sp³-hybridized carbons (Fsp3) is 0.0769. The minimum Gasteiger partial charge on any atom is -0.459 e. The molecule has 2 rings (SSSR count). The zero-order valence-electron chi connectivity index (χ0n) is 10.1. The molecule has 2 amide bonds. The number of carbonyl (C=O) groups excluding carboxylic acids is 2. The molecule has 98 valence electrons. The fourth-order valence-corrected chi connectivity index (χ4v) is 1.72. The second kappa shape index (κ2) is 5.58. The predicted molar refractivity (Wildman–Crippen MR) is 71.5 cm³/mol. The number of halogens is 1. The summed E-state index contributed by atoms with van der Waals surface area (Å²) in [5.41, 5.74) is 0.755. The predicted octanol–water partition coefficient (Wildman–Crippen LogP) is 2.54. The van der Waals surface area contributed by atoms with Crippen molar-refractivity contribution in [3.63, 3.8) is 0 Å². The van der Waals surface area contributed by atoms with Crippen molar-refractivity contribution < 1.29 is 14.0 Å². The Kier molecular flexibility index (Phi) is 3.87. The van der Waals surface area contributed by atoms with E-state index in [-0.39, 0.29) is 11.7 Å². The SMILES string of the molecule is CNC(=O)c1cc(NC(=O)c2ccco2)ccc1Cl. The van der Waals surface area contributed by atoms with Crippen LogP contribution in [0.2, 0.25) is 5.02 Å². The van der Waals surface area contributed by atoms with Crippen molar-refractivity contribution in [3.8, 4) is 0 Å². The van der Waals surface area contributed by atoms with Crippen LogP contribution in [0.25, 0.3) is 0 Å². The fourth-order valence-electron chi connectivity index (χ4n) is 1.51. The topological polar surface area (TPSA) is 71.3 Å². The van der Waals surface area contributed by atoms with E-state index in [2.05, 4.69) is 10.6 Å². The van der Waals surface area contributed by atoms with Gasteiger partial charge in [0, 0.05) is 12.7 Å². The van der Waals surface area contributed by atoms with Gasteiger partial charge in [0.2, 0.25) is 0 Å². The minimum atomic E-state index is -0.393. The summed E-state index contributed by atoms with van der Waals surface area (Å²) in [6, 6.07) is 7.82. The van der Waals surface area contributed by atoms with Gasteiger partial charge in [-0.2, -0.15) is 0 Å². The Morgan fingerprint density at radius 2 is 2.00 bits per heavy atom. The second-order valence-corrected chi connectivity index (χ2v) is 4.11. The van der Waals surface area contributed by atoms with Crippen LogP contribution in [0.5, 0.6) is 0 Å². The van der Waals surface area contributed by atoms with Crippen LogP contribution in [-0.4, -0.2) is 18.9 Å². The van der Waals surface area contributed by atoms with Gasteiger partial charge in [-0.15, -0.1) is 0 Å². The van der Waals surface area contributed by atoms with Crippen molar-refractivity contribution in [1.82, 2.24) is 5.32 Å². The van der Waals surface area contributed by atoms with Gasteiger partial charge in [0.05, 0.1) is 16.8 Å². The molecule has 6 heteroatoms. The van der Waals surface area contributed by atoms with Crippen molar-refractivity contribution in [1.29, 1.82) is 0 Å². The molecule has 1 aromatic heterocycles. The molecule has 2 N–H and O–H groups in total. The third-order valence-corrected chi connectivity index (χ3v) is 2.77. The van der Waals surface area contributed by atoms with Gasteiger partial charge in [0.25, 0.3) is 11.8 Å². The average molecular weight is 279 g/mol. The van der Waals surface area contributed by atoms with E-state index in [0.29, 0.717) is 16.3 Å². The Bertz CT molecular complexity index is 608. The van der Waals surface area contributed by atoms with Gasteiger partial charge in [0.1, 0.15) is 0 Å². The van der Waals surface area contributed by atoms with Crippen LogP contribution in [0, 0.1) is 0 Å². The van der Waals surface area contributed by atoms with Crippen LogP contribution < -0.4 is 10.6 Å². The molecule has 0 fully saturated rings. The maximum atomic E-state index is 11.8. The van der Waals surface area contributed by atoms with Crippen LogP contribution in [0.15, 0.2) is 41.0 Å². The molecule has 0 unspecified atom stereocenters. The highest BCUT2D eigenvalue weighted by Crippen LogP contribution is 2.21. The van der Waals surface area contributed by atoms with Crippen LogP contribution in [0.4, 0.5) is 5.69 Å². The van der Waals surface area contributed by atoms with E-state index in [0.717, 1.165) is 0 Å². The number of carbonyl (C=O) groups is 2. The monoisotopic (exact) mass is 278 g/mol. The summed E-state index contributed by atoms with van der Waals surface area (Å²) in [6.45, 7) is 0. The van der Waals surface area contributed by atoms with Crippen molar-refractivity contribution in [2.24, 2.45) is 0 Å². The molecule has 1 heterocycles. The van der Waals surface area contributed by atoms with Gasteiger partial charge in [-0.1, -0.05) is 11.6 Å². The van der Waals surface area contributed by atoms with E-state index in [4.69, 9.17) is 16.0 Å². The summed E-state index contributed by atoms with van der Waals surface area (Å²) >= 11 is 5.91. The van der Waals surface area contributed by atoms with Crippen LogP contribution in [-0.2, 0) is 0 Å².